The molecule has 1 aromatic rings. The predicted octanol–water partition coefficient (Wildman–Crippen LogP) is 0.772. The Kier molecular flexibility index (Phi) is 4.28. The minimum atomic E-state index is -0.413. The molecule has 1 amide bonds. The molecule has 98 valence electrons. The normalized spacial score (nSPS) is 19.6. The average Bonchev–Trinajstić information content (AvgIpc) is 2.41. The molecule has 2 rings (SSSR count). The van der Waals surface area contributed by atoms with Crippen LogP contribution in [0.2, 0.25) is 0 Å². The molecule has 0 spiro atoms. The van der Waals surface area contributed by atoms with Crippen molar-refractivity contribution in [2.45, 2.75) is 12.6 Å². The van der Waals surface area contributed by atoms with Gasteiger partial charge in [-0.05, 0) is 17.7 Å². The zero-order valence-corrected chi connectivity index (χ0v) is 10.4. The van der Waals surface area contributed by atoms with Crippen LogP contribution in [0.15, 0.2) is 24.3 Å². The minimum Gasteiger partial charge on any atom is -0.366 e. The monoisotopic (exact) mass is 252 g/mol. The average molecular weight is 252 g/mol. The molecular weight excluding hydrogens is 235 g/mol. The summed E-state index contributed by atoms with van der Waals surface area (Å²) in [5.74, 6) is -0.320. The number of rotatable bonds is 3. The zero-order chi connectivity index (χ0) is 13.0. The minimum absolute atomic E-state index is 0.0495. The summed E-state index contributed by atoms with van der Waals surface area (Å²) in [6.07, 6.45) is -0.413. The molecule has 18 heavy (non-hydrogen) atoms. The van der Waals surface area contributed by atoms with E-state index in [0.717, 1.165) is 12.1 Å². The number of amides is 1. The lowest BCUT2D eigenvalue weighted by atomic mass is 10.2. The van der Waals surface area contributed by atoms with Gasteiger partial charge in [0.25, 0.3) is 5.91 Å². The van der Waals surface area contributed by atoms with Crippen LogP contribution < -0.4 is 5.32 Å². The maximum absolute atomic E-state index is 12.8. The Hall–Kier alpha value is -1.46. The van der Waals surface area contributed by atoms with Gasteiger partial charge in [0.15, 0.2) is 0 Å². The molecule has 1 fully saturated rings. The molecule has 0 aromatic heterocycles. The van der Waals surface area contributed by atoms with E-state index in [9.17, 15) is 9.18 Å². The molecule has 0 radical (unpaired) electrons. The molecule has 5 heteroatoms. The van der Waals surface area contributed by atoms with E-state index < -0.39 is 6.10 Å². The Morgan fingerprint density at radius 2 is 2.22 bits per heavy atom. The molecule has 1 saturated heterocycles. The van der Waals surface area contributed by atoms with Crippen molar-refractivity contribution in [1.29, 1.82) is 0 Å². The smallest absolute Gasteiger partial charge is 0.253 e. The number of carbonyl (C=O) groups is 1. The van der Waals surface area contributed by atoms with Gasteiger partial charge in [0, 0.05) is 26.7 Å². The largest absolute Gasteiger partial charge is 0.366 e. The highest BCUT2D eigenvalue weighted by Gasteiger charge is 2.24. The van der Waals surface area contributed by atoms with Crippen LogP contribution in [0.5, 0.6) is 0 Å². The van der Waals surface area contributed by atoms with Crippen molar-refractivity contribution in [3.05, 3.63) is 35.6 Å². The standard InChI is InChI=1S/C13H17FN2O2/c1-16(9-10-2-4-11(14)5-3-10)13(17)12-8-15-6-7-18-12/h2-5,12,15H,6-9H2,1H3. The van der Waals surface area contributed by atoms with Gasteiger partial charge in [0.2, 0.25) is 0 Å². The number of nitrogens with one attached hydrogen (secondary N) is 1. The first kappa shape index (κ1) is 13.0. The van der Waals surface area contributed by atoms with Gasteiger partial charge < -0.3 is 15.0 Å². The molecule has 4 nitrogen and oxygen atoms in total. The lowest BCUT2D eigenvalue weighted by Gasteiger charge is -2.27. The van der Waals surface area contributed by atoms with E-state index in [1.165, 1.54) is 12.1 Å². The Morgan fingerprint density at radius 3 is 2.83 bits per heavy atom. The van der Waals surface area contributed by atoms with Crippen LogP contribution in [0.1, 0.15) is 5.56 Å². The number of halogens is 1. The van der Waals surface area contributed by atoms with E-state index in [0.29, 0.717) is 19.7 Å². The van der Waals surface area contributed by atoms with Crippen LogP contribution in [-0.4, -0.2) is 43.7 Å². The lowest BCUT2D eigenvalue weighted by molar-refractivity contribution is -0.144. The molecule has 0 aliphatic carbocycles. The van der Waals surface area contributed by atoms with Crippen LogP contribution in [0, 0.1) is 5.82 Å². The van der Waals surface area contributed by atoms with Crippen molar-refractivity contribution in [2.75, 3.05) is 26.7 Å². The van der Waals surface area contributed by atoms with Crippen molar-refractivity contribution < 1.29 is 13.9 Å². The van der Waals surface area contributed by atoms with Gasteiger partial charge in [-0.15, -0.1) is 0 Å². The number of morpholine rings is 1. The van der Waals surface area contributed by atoms with Gasteiger partial charge in [-0.25, -0.2) is 4.39 Å². The first-order chi connectivity index (χ1) is 8.66. The summed E-state index contributed by atoms with van der Waals surface area (Å²) in [6, 6.07) is 6.15. The Balaban J connectivity index is 1.92. The van der Waals surface area contributed by atoms with Gasteiger partial charge >= 0.3 is 0 Å². The maximum Gasteiger partial charge on any atom is 0.253 e. The summed E-state index contributed by atoms with van der Waals surface area (Å²) in [5.41, 5.74) is 0.899. The van der Waals surface area contributed by atoms with Crippen LogP contribution in [0.25, 0.3) is 0 Å². The summed E-state index contributed by atoms with van der Waals surface area (Å²) in [7, 11) is 1.73. The molecule has 1 aliphatic heterocycles. The first-order valence-corrected chi connectivity index (χ1v) is 5.98. The number of hydrogen-bond donors (Lipinski definition) is 1. The molecule has 1 heterocycles. The third kappa shape index (κ3) is 3.27. The topological polar surface area (TPSA) is 41.6 Å². The quantitative estimate of drug-likeness (QED) is 0.864. The first-order valence-electron chi connectivity index (χ1n) is 5.98. The second-order valence-electron chi connectivity index (χ2n) is 4.38. The van der Waals surface area contributed by atoms with E-state index in [-0.39, 0.29) is 11.7 Å². The number of carbonyl (C=O) groups excluding carboxylic acids is 1. The van der Waals surface area contributed by atoms with Crippen molar-refractivity contribution in [3.8, 4) is 0 Å². The van der Waals surface area contributed by atoms with Crippen molar-refractivity contribution in [3.63, 3.8) is 0 Å². The van der Waals surface area contributed by atoms with Crippen molar-refractivity contribution in [2.24, 2.45) is 0 Å². The zero-order valence-electron chi connectivity index (χ0n) is 10.4. The van der Waals surface area contributed by atoms with Gasteiger partial charge in [0.1, 0.15) is 11.9 Å². The van der Waals surface area contributed by atoms with Crippen LogP contribution >= 0.6 is 0 Å². The molecule has 1 aromatic carbocycles. The van der Waals surface area contributed by atoms with Gasteiger partial charge in [-0.2, -0.15) is 0 Å². The molecule has 0 saturated carbocycles. The molecule has 0 bridgehead atoms. The summed E-state index contributed by atoms with van der Waals surface area (Å²) in [4.78, 5) is 13.7. The predicted molar refractivity (Wildman–Crippen MR) is 65.5 cm³/mol. The molecule has 1 atom stereocenters. The van der Waals surface area contributed by atoms with Gasteiger partial charge in [-0.1, -0.05) is 12.1 Å². The highest BCUT2D eigenvalue weighted by molar-refractivity contribution is 5.81. The van der Waals surface area contributed by atoms with Crippen LogP contribution in [0.4, 0.5) is 4.39 Å². The van der Waals surface area contributed by atoms with E-state index in [1.807, 2.05) is 0 Å². The summed E-state index contributed by atoms with van der Waals surface area (Å²) in [6.45, 7) is 2.35. The number of likely N-dealkylation sites (N-methyl/N-ethyl adjacent to an activating group) is 1. The highest BCUT2D eigenvalue weighted by atomic mass is 19.1. The summed E-state index contributed by atoms with van der Waals surface area (Å²) < 4.78 is 18.2. The van der Waals surface area contributed by atoms with E-state index in [4.69, 9.17) is 4.74 Å². The number of nitrogens with zero attached hydrogens (tertiary/aromatic N) is 1. The van der Waals surface area contributed by atoms with Crippen LogP contribution in [-0.2, 0) is 16.1 Å². The molecule has 1 N–H and O–H groups in total. The van der Waals surface area contributed by atoms with Gasteiger partial charge in [0.05, 0.1) is 6.61 Å². The van der Waals surface area contributed by atoms with Crippen molar-refractivity contribution >= 4 is 5.91 Å². The number of benzene rings is 1. The third-order valence-corrected chi connectivity index (χ3v) is 2.91. The van der Waals surface area contributed by atoms with Crippen molar-refractivity contribution in [1.82, 2.24) is 10.2 Å². The lowest BCUT2D eigenvalue weighted by Crippen LogP contribution is -2.48. The Morgan fingerprint density at radius 1 is 1.50 bits per heavy atom. The summed E-state index contributed by atoms with van der Waals surface area (Å²) >= 11 is 0. The van der Waals surface area contributed by atoms with Gasteiger partial charge in [-0.3, -0.25) is 4.79 Å². The highest BCUT2D eigenvalue weighted by Crippen LogP contribution is 2.08. The fraction of sp³-hybridized carbons (Fsp3) is 0.462. The molecular formula is C13H17FN2O2. The molecule has 1 aliphatic rings. The summed E-state index contributed by atoms with van der Waals surface area (Å²) in [5, 5.41) is 3.12. The SMILES string of the molecule is CN(Cc1ccc(F)cc1)C(=O)C1CNCCO1. The fourth-order valence-electron chi connectivity index (χ4n) is 1.91. The fourth-order valence-corrected chi connectivity index (χ4v) is 1.91. The molecule has 1 unspecified atom stereocenters. The number of ether oxygens (including phenoxy) is 1. The second kappa shape index (κ2) is 5.93. The maximum atomic E-state index is 12.8. The van der Waals surface area contributed by atoms with E-state index in [1.54, 1.807) is 24.1 Å². The second-order valence-corrected chi connectivity index (χ2v) is 4.38. The Bertz CT molecular complexity index is 402. The number of hydrogen-bond acceptors (Lipinski definition) is 3. The van der Waals surface area contributed by atoms with E-state index in [2.05, 4.69) is 5.32 Å². The van der Waals surface area contributed by atoms with E-state index >= 15 is 0 Å². The Labute approximate surface area is 106 Å². The van der Waals surface area contributed by atoms with Crippen LogP contribution in [0.3, 0.4) is 0 Å². The third-order valence-electron chi connectivity index (χ3n) is 2.91.